The molecule has 0 unspecified atom stereocenters. The molecule has 29 heavy (non-hydrogen) atoms. The lowest BCUT2D eigenvalue weighted by Crippen LogP contribution is -2.28. The molecule has 0 fully saturated rings. The summed E-state index contributed by atoms with van der Waals surface area (Å²) in [6.07, 6.45) is 2.48. The summed E-state index contributed by atoms with van der Waals surface area (Å²) in [7, 11) is -2.44. The van der Waals surface area contributed by atoms with Crippen LogP contribution in [0.15, 0.2) is 52.6 Å². The van der Waals surface area contributed by atoms with Crippen molar-refractivity contribution in [1.29, 1.82) is 10.5 Å². The molecule has 0 aliphatic heterocycles. The third-order valence-electron chi connectivity index (χ3n) is 3.82. The van der Waals surface area contributed by atoms with E-state index in [9.17, 15) is 23.1 Å². The summed E-state index contributed by atoms with van der Waals surface area (Å²) in [5.41, 5.74) is -0.0839. The van der Waals surface area contributed by atoms with Crippen LogP contribution < -0.4 is 5.32 Å². The van der Waals surface area contributed by atoms with Gasteiger partial charge in [-0.15, -0.1) is 0 Å². The Kier molecular flexibility index (Phi) is 8.74. The van der Waals surface area contributed by atoms with E-state index in [0.717, 1.165) is 4.31 Å². The molecule has 0 aliphatic rings. The molecule has 0 saturated heterocycles. The first-order valence-electron chi connectivity index (χ1n) is 8.40. The van der Waals surface area contributed by atoms with Gasteiger partial charge in [-0.25, -0.2) is 13.2 Å². The van der Waals surface area contributed by atoms with Crippen molar-refractivity contribution in [1.82, 2.24) is 9.62 Å². The molecule has 0 aliphatic carbocycles. The standard InChI is InChI=1S/C19H20N4O5S/c1-3-17(16(19(25)26)6-4-11-20)22-18(24)14-7-9-15(10-8-14)29(27,28)23(2)13-5-12-21/h3,6-10H,4-5,13H2,1-2H3,(H,22,24)(H,25,26)/b16-6+,17-3+. The fourth-order valence-corrected chi connectivity index (χ4v) is 3.41. The minimum absolute atomic E-state index is 0.0192. The van der Waals surface area contributed by atoms with E-state index >= 15 is 0 Å². The van der Waals surface area contributed by atoms with Crippen LogP contribution in [0.25, 0.3) is 0 Å². The number of rotatable bonds is 9. The van der Waals surface area contributed by atoms with Gasteiger partial charge in [0.2, 0.25) is 10.0 Å². The second kappa shape index (κ2) is 10.8. The molecule has 0 atom stereocenters. The number of sulfonamides is 1. The Hall–Kier alpha value is -3.47. The number of hydrogen-bond acceptors (Lipinski definition) is 6. The summed E-state index contributed by atoms with van der Waals surface area (Å²) in [5, 5.41) is 28.9. The molecule has 0 saturated carbocycles. The SMILES string of the molecule is C/C=C(NC(=O)c1ccc(S(=O)(=O)N(C)CCC#N)cc1)\C(=C/CC#N)C(=O)O. The lowest BCUT2D eigenvalue weighted by atomic mass is 10.1. The molecule has 10 heteroatoms. The second-order valence-electron chi connectivity index (χ2n) is 5.70. The predicted molar refractivity (Wildman–Crippen MR) is 104 cm³/mol. The lowest BCUT2D eigenvalue weighted by molar-refractivity contribution is -0.132. The van der Waals surface area contributed by atoms with E-state index in [0.29, 0.717) is 0 Å². The molecule has 0 bridgehead atoms. The van der Waals surface area contributed by atoms with Crippen LogP contribution in [0, 0.1) is 22.7 Å². The maximum Gasteiger partial charge on any atom is 0.337 e. The van der Waals surface area contributed by atoms with Crippen LogP contribution in [-0.2, 0) is 14.8 Å². The van der Waals surface area contributed by atoms with Gasteiger partial charge in [0.1, 0.15) is 0 Å². The lowest BCUT2D eigenvalue weighted by Gasteiger charge is -2.16. The quantitative estimate of drug-likeness (QED) is 0.460. The van der Waals surface area contributed by atoms with E-state index in [2.05, 4.69) is 5.32 Å². The Balaban J connectivity index is 3.04. The summed E-state index contributed by atoms with van der Waals surface area (Å²) in [5.74, 6) is -1.93. The van der Waals surface area contributed by atoms with Crippen molar-refractivity contribution in [2.24, 2.45) is 0 Å². The number of nitriles is 2. The van der Waals surface area contributed by atoms with E-state index in [1.807, 2.05) is 6.07 Å². The van der Waals surface area contributed by atoms with Gasteiger partial charge in [0.15, 0.2) is 0 Å². The van der Waals surface area contributed by atoms with Crippen molar-refractivity contribution in [3.05, 3.63) is 53.3 Å². The number of nitrogens with zero attached hydrogens (tertiary/aromatic N) is 3. The van der Waals surface area contributed by atoms with Gasteiger partial charge < -0.3 is 10.4 Å². The van der Waals surface area contributed by atoms with Crippen LogP contribution in [0.1, 0.15) is 30.1 Å². The van der Waals surface area contributed by atoms with Gasteiger partial charge in [-0.3, -0.25) is 4.79 Å². The highest BCUT2D eigenvalue weighted by atomic mass is 32.2. The number of carboxylic acids is 1. The molecule has 1 aromatic carbocycles. The molecule has 0 spiro atoms. The summed E-state index contributed by atoms with van der Waals surface area (Å²) >= 11 is 0. The molecule has 1 rings (SSSR count). The Bertz CT molecular complexity index is 1010. The van der Waals surface area contributed by atoms with Crippen LogP contribution in [0.2, 0.25) is 0 Å². The van der Waals surface area contributed by atoms with Gasteiger partial charge >= 0.3 is 5.97 Å². The Morgan fingerprint density at radius 1 is 1.21 bits per heavy atom. The van der Waals surface area contributed by atoms with Gasteiger partial charge in [0.25, 0.3) is 5.91 Å². The molecule has 9 nitrogen and oxygen atoms in total. The summed E-state index contributed by atoms with van der Waals surface area (Å²) in [6.45, 7) is 1.57. The number of hydrogen-bond donors (Lipinski definition) is 2. The number of carbonyl (C=O) groups excluding carboxylic acids is 1. The fraction of sp³-hybridized carbons (Fsp3) is 0.263. The third-order valence-corrected chi connectivity index (χ3v) is 5.69. The molecule has 0 heterocycles. The van der Waals surface area contributed by atoms with Crippen LogP contribution in [-0.4, -0.2) is 43.3 Å². The molecule has 0 aromatic heterocycles. The molecule has 0 radical (unpaired) electrons. The first-order valence-corrected chi connectivity index (χ1v) is 9.84. The van der Waals surface area contributed by atoms with Gasteiger partial charge in [0, 0.05) is 25.6 Å². The maximum absolute atomic E-state index is 12.4. The van der Waals surface area contributed by atoms with E-state index in [1.54, 1.807) is 6.07 Å². The van der Waals surface area contributed by atoms with Gasteiger partial charge in [-0.2, -0.15) is 14.8 Å². The van der Waals surface area contributed by atoms with Crippen LogP contribution in [0.4, 0.5) is 0 Å². The smallest absolute Gasteiger partial charge is 0.337 e. The van der Waals surface area contributed by atoms with Crippen molar-refractivity contribution < 1.29 is 23.1 Å². The van der Waals surface area contributed by atoms with E-state index in [4.69, 9.17) is 10.5 Å². The zero-order valence-electron chi connectivity index (χ0n) is 15.9. The van der Waals surface area contributed by atoms with E-state index in [1.165, 1.54) is 50.4 Å². The van der Waals surface area contributed by atoms with Gasteiger partial charge in [-0.1, -0.05) is 12.2 Å². The van der Waals surface area contributed by atoms with Gasteiger partial charge in [0.05, 0.1) is 34.7 Å². The van der Waals surface area contributed by atoms with Crippen molar-refractivity contribution in [2.45, 2.75) is 24.7 Å². The second-order valence-corrected chi connectivity index (χ2v) is 7.75. The molecule has 152 valence electrons. The van der Waals surface area contributed by atoms with Crippen LogP contribution in [0.3, 0.4) is 0 Å². The molecule has 2 N–H and O–H groups in total. The number of benzene rings is 1. The largest absolute Gasteiger partial charge is 0.478 e. The number of carbonyl (C=O) groups is 2. The Labute approximate surface area is 169 Å². The highest BCUT2D eigenvalue weighted by Crippen LogP contribution is 2.16. The molecule has 1 amide bonds. The highest BCUT2D eigenvalue weighted by molar-refractivity contribution is 7.89. The summed E-state index contributed by atoms with van der Waals surface area (Å²) in [4.78, 5) is 23.7. The third kappa shape index (κ3) is 6.28. The number of aliphatic carboxylic acids is 1. The van der Waals surface area contributed by atoms with Crippen molar-refractivity contribution in [3.63, 3.8) is 0 Å². The number of carboxylic acid groups (broad SMARTS) is 1. The van der Waals surface area contributed by atoms with E-state index in [-0.39, 0.29) is 41.1 Å². The average molecular weight is 416 g/mol. The van der Waals surface area contributed by atoms with Crippen molar-refractivity contribution in [2.75, 3.05) is 13.6 Å². The number of nitrogens with one attached hydrogen (secondary N) is 1. The van der Waals surface area contributed by atoms with Crippen molar-refractivity contribution in [3.8, 4) is 12.1 Å². The van der Waals surface area contributed by atoms with Crippen molar-refractivity contribution >= 4 is 21.9 Å². The Morgan fingerprint density at radius 2 is 1.83 bits per heavy atom. The first-order chi connectivity index (χ1) is 13.7. The van der Waals surface area contributed by atoms with Gasteiger partial charge in [-0.05, 0) is 31.2 Å². The summed E-state index contributed by atoms with van der Waals surface area (Å²) in [6, 6.07) is 8.78. The molecular formula is C19H20N4O5S. The molecule has 1 aromatic rings. The summed E-state index contributed by atoms with van der Waals surface area (Å²) < 4.78 is 25.9. The zero-order valence-corrected chi connectivity index (χ0v) is 16.7. The number of allylic oxidation sites excluding steroid dienone is 2. The minimum Gasteiger partial charge on any atom is -0.478 e. The first kappa shape index (κ1) is 23.6. The van der Waals surface area contributed by atoms with Crippen LogP contribution in [0.5, 0.6) is 0 Å². The van der Waals surface area contributed by atoms with E-state index < -0.39 is 21.9 Å². The minimum atomic E-state index is -3.79. The number of amides is 1. The topological polar surface area (TPSA) is 151 Å². The Morgan fingerprint density at radius 3 is 2.31 bits per heavy atom. The predicted octanol–water partition coefficient (Wildman–Crippen LogP) is 1.78. The average Bonchev–Trinajstić information content (AvgIpc) is 2.70. The molecular weight excluding hydrogens is 396 g/mol. The normalized spacial score (nSPS) is 12.2. The maximum atomic E-state index is 12.4. The zero-order chi connectivity index (χ0) is 22.0. The fourth-order valence-electron chi connectivity index (χ4n) is 2.24. The van der Waals surface area contributed by atoms with Crippen LogP contribution >= 0.6 is 0 Å². The highest BCUT2D eigenvalue weighted by Gasteiger charge is 2.21. The monoisotopic (exact) mass is 416 g/mol.